The van der Waals surface area contributed by atoms with Crippen molar-refractivity contribution in [3.63, 3.8) is 0 Å². The van der Waals surface area contributed by atoms with Gasteiger partial charge in [-0.2, -0.15) is 0 Å². The van der Waals surface area contributed by atoms with Crippen LogP contribution in [-0.4, -0.2) is 16.0 Å². The van der Waals surface area contributed by atoms with Crippen molar-refractivity contribution < 1.29 is 9.90 Å². The average Bonchev–Trinajstić information content (AvgIpc) is 3.17. The van der Waals surface area contributed by atoms with E-state index < -0.39 is 5.60 Å². The van der Waals surface area contributed by atoms with Crippen LogP contribution in [0.2, 0.25) is 0 Å². The third kappa shape index (κ3) is 2.25. The fraction of sp³-hybridized carbons (Fsp3) is 0.125. The third-order valence-electron chi connectivity index (χ3n) is 5.58. The molecule has 1 aliphatic heterocycles. The molecule has 0 saturated carbocycles. The smallest absolute Gasteiger partial charge is 0.268 e. The van der Waals surface area contributed by atoms with Crippen LogP contribution in [0.25, 0.3) is 10.9 Å². The molecule has 0 bridgehead atoms. The Morgan fingerprint density at radius 2 is 1.61 bits per heavy atom. The molecule has 5 rings (SSSR count). The van der Waals surface area contributed by atoms with Crippen LogP contribution in [-0.2, 0) is 16.9 Å². The van der Waals surface area contributed by atoms with Crippen LogP contribution in [0.5, 0.6) is 0 Å². The van der Waals surface area contributed by atoms with E-state index in [-0.39, 0.29) is 5.91 Å². The first kappa shape index (κ1) is 16.8. The molecule has 4 aromatic rings. The van der Waals surface area contributed by atoms with Gasteiger partial charge in [0.15, 0.2) is 5.60 Å². The SMILES string of the molecule is Cc1[nH]c2ccccc2c1[C@]1(O)C(=O)N(Cc2ccccc2)c2ccccc21. The number of H-pyrrole nitrogens is 1. The molecule has 0 aliphatic carbocycles. The highest BCUT2D eigenvalue weighted by molar-refractivity contribution is 6.11. The molecule has 2 heterocycles. The molecule has 1 amide bonds. The van der Waals surface area contributed by atoms with Gasteiger partial charge in [0.25, 0.3) is 5.91 Å². The number of para-hydroxylation sites is 2. The Balaban J connectivity index is 1.72. The van der Waals surface area contributed by atoms with Crippen molar-refractivity contribution in [2.45, 2.75) is 19.1 Å². The van der Waals surface area contributed by atoms with Crippen molar-refractivity contribution in [3.05, 3.63) is 101 Å². The second-order valence-corrected chi connectivity index (χ2v) is 7.28. The molecular weight excluding hydrogens is 348 g/mol. The number of fused-ring (bicyclic) bond motifs is 2. The van der Waals surface area contributed by atoms with E-state index >= 15 is 0 Å². The van der Waals surface area contributed by atoms with Crippen molar-refractivity contribution in [2.24, 2.45) is 0 Å². The van der Waals surface area contributed by atoms with E-state index in [1.807, 2.05) is 85.8 Å². The Kier molecular flexibility index (Phi) is 3.64. The van der Waals surface area contributed by atoms with Gasteiger partial charge >= 0.3 is 0 Å². The summed E-state index contributed by atoms with van der Waals surface area (Å²) in [5, 5.41) is 12.8. The second-order valence-electron chi connectivity index (χ2n) is 7.28. The van der Waals surface area contributed by atoms with Gasteiger partial charge in [-0.05, 0) is 24.6 Å². The van der Waals surface area contributed by atoms with Crippen LogP contribution >= 0.6 is 0 Å². The number of aromatic amines is 1. The summed E-state index contributed by atoms with van der Waals surface area (Å²) in [7, 11) is 0. The van der Waals surface area contributed by atoms with Gasteiger partial charge in [-0.1, -0.05) is 66.7 Å². The fourth-order valence-electron chi connectivity index (χ4n) is 4.34. The number of aliphatic hydroxyl groups is 1. The van der Waals surface area contributed by atoms with Crippen LogP contribution in [0.3, 0.4) is 0 Å². The fourth-order valence-corrected chi connectivity index (χ4v) is 4.34. The lowest BCUT2D eigenvalue weighted by Gasteiger charge is -2.24. The third-order valence-corrected chi connectivity index (χ3v) is 5.58. The lowest BCUT2D eigenvalue weighted by molar-refractivity contribution is -0.132. The molecule has 4 heteroatoms. The Hall–Kier alpha value is -3.37. The summed E-state index contributed by atoms with van der Waals surface area (Å²) in [5.74, 6) is -0.314. The van der Waals surface area contributed by atoms with E-state index in [0.29, 0.717) is 17.7 Å². The zero-order valence-electron chi connectivity index (χ0n) is 15.5. The normalized spacial score (nSPS) is 18.6. The number of aryl methyl sites for hydroxylation is 1. The number of aromatic nitrogens is 1. The molecule has 28 heavy (non-hydrogen) atoms. The summed E-state index contributed by atoms with van der Waals surface area (Å²) in [6.07, 6.45) is 0. The molecule has 138 valence electrons. The summed E-state index contributed by atoms with van der Waals surface area (Å²) in [6.45, 7) is 2.32. The van der Waals surface area contributed by atoms with Crippen LogP contribution in [0.15, 0.2) is 78.9 Å². The van der Waals surface area contributed by atoms with E-state index in [0.717, 1.165) is 27.8 Å². The largest absolute Gasteiger partial charge is 0.372 e. The number of carbonyl (C=O) groups is 1. The van der Waals surface area contributed by atoms with Gasteiger partial charge in [-0.15, -0.1) is 0 Å². The van der Waals surface area contributed by atoms with Crippen molar-refractivity contribution in [3.8, 4) is 0 Å². The summed E-state index contributed by atoms with van der Waals surface area (Å²) in [6, 6.07) is 25.1. The Labute approximate surface area is 163 Å². The number of carbonyl (C=O) groups excluding carboxylic acids is 1. The Morgan fingerprint density at radius 1 is 0.929 bits per heavy atom. The minimum absolute atomic E-state index is 0.314. The maximum Gasteiger partial charge on any atom is 0.268 e. The van der Waals surface area contributed by atoms with Gasteiger partial charge in [0.2, 0.25) is 0 Å². The maximum atomic E-state index is 13.6. The zero-order valence-corrected chi connectivity index (χ0v) is 15.5. The van der Waals surface area contributed by atoms with E-state index in [4.69, 9.17) is 0 Å². The molecule has 1 atom stereocenters. The van der Waals surface area contributed by atoms with Crippen LogP contribution < -0.4 is 4.90 Å². The van der Waals surface area contributed by atoms with Crippen LogP contribution in [0, 0.1) is 6.92 Å². The van der Waals surface area contributed by atoms with Gasteiger partial charge < -0.3 is 15.0 Å². The number of amides is 1. The van der Waals surface area contributed by atoms with Crippen molar-refractivity contribution in [1.82, 2.24) is 4.98 Å². The topological polar surface area (TPSA) is 56.3 Å². The molecule has 4 nitrogen and oxygen atoms in total. The zero-order chi connectivity index (χ0) is 19.3. The standard InChI is InChI=1S/C24H20N2O2/c1-16-22(18-11-5-7-13-20(18)25-16)24(28)19-12-6-8-14-21(19)26(23(24)27)15-17-9-3-2-4-10-17/h2-14,25,28H,15H2,1H3/t24-/m0/s1. The van der Waals surface area contributed by atoms with E-state index in [9.17, 15) is 9.90 Å². The molecule has 0 saturated heterocycles. The molecule has 1 aliphatic rings. The number of anilines is 1. The van der Waals surface area contributed by atoms with E-state index in [1.165, 1.54) is 0 Å². The first-order valence-electron chi connectivity index (χ1n) is 9.36. The lowest BCUT2D eigenvalue weighted by atomic mass is 9.85. The highest BCUT2D eigenvalue weighted by Gasteiger charge is 2.52. The minimum Gasteiger partial charge on any atom is -0.372 e. The number of hydrogen-bond donors (Lipinski definition) is 2. The molecule has 0 radical (unpaired) electrons. The molecule has 0 spiro atoms. The van der Waals surface area contributed by atoms with Crippen molar-refractivity contribution in [1.29, 1.82) is 0 Å². The number of nitrogens with one attached hydrogen (secondary N) is 1. The minimum atomic E-state index is -1.71. The lowest BCUT2D eigenvalue weighted by Crippen LogP contribution is -2.41. The number of hydrogen-bond acceptors (Lipinski definition) is 2. The highest BCUT2D eigenvalue weighted by atomic mass is 16.3. The summed E-state index contributed by atoms with van der Waals surface area (Å²) >= 11 is 0. The van der Waals surface area contributed by atoms with Gasteiger partial charge in [-0.25, -0.2) is 0 Å². The summed E-state index contributed by atoms with van der Waals surface area (Å²) < 4.78 is 0. The quantitative estimate of drug-likeness (QED) is 0.568. The summed E-state index contributed by atoms with van der Waals surface area (Å²) in [4.78, 5) is 18.6. The van der Waals surface area contributed by atoms with E-state index in [2.05, 4.69) is 4.98 Å². The maximum absolute atomic E-state index is 13.6. The molecule has 0 unspecified atom stereocenters. The van der Waals surface area contributed by atoms with Crippen molar-refractivity contribution in [2.75, 3.05) is 4.90 Å². The monoisotopic (exact) mass is 368 g/mol. The predicted molar refractivity (Wildman–Crippen MR) is 110 cm³/mol. The van der Waals surface area contributed by atoms with Crippen molar-refractivity contribution >= 4 is 22.5 Å². The molecule has 2 N–H and O–H groups in total. The number of benzene rings is 3. The van der Waals surface area contributed by atoms with Gasteiger partial charge in [-0.3, -0.25) is 4.79 Å². The summed E-state index contributed by atoms with van der Waals surface area (Å²) in [5.41, 5.74) is 3.03. The second kappa shape index (κ2) is 6.08. The molecule has 1 aromatic heterocycles. The number of nitrogens with zero attached hydrogens (tertiary/aromatic N) is 1. The molecule has 0 fully saturated rings. The Morgan fingerprint density at radius 3 is 2.43 bits per heavy atom. The molecular formula is C24H20N2O2. The van der Waals surface area contributed by atoms with Crippen LogP contribution in [0.1, 0.15) is 22.4 Å². The average molecular weight is 368 g/mol. The number of rotatable bonds is 3. The first-order chi connectivity index (χ1) is 13.6. The van der Waals surface area contributed by atoms with Gasteiger partial charge in [0.05, 0.1) is 12.2 Å². The van der Waals surface area contributed by atoms with Gasteiger partial charge in [0, 0.05) is 27.7 Å². The van der Waals surface area contributed by atoms with Crippen LogP contribution in [0.4, 0.5) is 5.69 Å². The first-order valence-corrected chi connectivity index (χ1v) is 9.36. The van der Waals surface area contributed by atoms with E-state index in [1.54, 1.807) is 4.90 Å². The predicted octanol–water partition coefficient (Wildman–Crippen LogP) is 4.26. The highest BCUT2D eigenvalue weighted by Crippen LogP contribution is 2.47. The molecule has 3 aromatic carbocycles. The Bertz CT molecular complexity index is 1200. The van der Waals surface area contributed by atoms with Gasteiger partial charge in [0.1, 0.15) is 0 Å².